The standard InChI is InChI=1S/C16H14BrNO/c1-11-8-13-4-2-3-5-15(13)18(11)16-7-6-12(10-19)9-14(16)17/h2-7,9-11H,8H2,1H3. The number of hydrogen-bond donors (Lipinski definition) is 0. The molecule has 1 aliphatic rings. The Morgan fingerprint density at radius 3 is 2.74 bits per heavy atom. The van der Waals surface area contributed by atoms with Crippen LogP contribution in [0.25, 0.3) is 0 Å². The number of nitrogens with zero attached hydrogens (tertiary/aromatic N) is 1. The monoisotopic (exact) mass is 315 g/mol. The Morgan fingerprint density at radius 1 is 1.21 bits per heavy atom. The first-order chi connectivity index (χ1) is 9.20. The number of fused-ring (bicyclic) bond motifs is 1. The van der Waals surface area contributed by atoms with Crippen molar-refractivity contribution in [1.29, 1.82) is 0 Å². The van der Waals surface area contributed by atoms with E-state index in [1.54, 1.807) is 0 Å². The summed E-state index contributed by atoms with van der Waals surface area (Å²) in [5.41, 5.74) is 4.44. The summed E-state index contributed by atoms with van der Waals surface area (Å²) in [4.78, 5) is 13.1. The molecule has 3 rings (SSSR count). The number of carbonyl (C=O) groups excluding carboxylic acids is 1. The van der Waals surface area contributed by atoms with E-state index in [-0.39, 0.29) is 0 Å². The second-order valence-corrected chi connectivity index (χ2v) is 5.73. The van der Waals surface area contributed by atoms with Crippen molar-refractivity contribution in [1.82, 2.24) is 0 Å². The third-order valence-electron chi connectivity index (χ3n) is 3.57. The number of para-hydroxylation sites is 1. The van der Waals surface area contributed by atoms with Crippen molar-refractivity contribution in [3.8, 4) is 0 Å². The van der Waals surface area contributed by atoms with Crippen LogP contribution in [0.5, 0.6) is 0 Å². The van der Waals surface area contributed by atoms with Gasteiger partial charge in [0.05, 0.1) is 5.69 Å². The van der Waals surface area contributed by atoms with Crippen LogP contribution >= 0.6 is 15.9 Å². The molecule has 1 unspecified atom stereocenters. The molecule has 1 atom stereocenters. The fraction of sp³-hybridized carbons (Fsp3) is 0.188. The number of hydrogen-bond acceptors (Lipinski definition) is 2. The third kappa shape index (κ3) is 2.08. The first kappa shape index (κ1) is 12.4. The van der Waals surface area contributed by atoms with Crippen LogP contribution in [0.3, 0.4) is 0 Å². The normalized spacial score (nSPS) is 17.4. The molecule has 0 aromatic heterocycles. The Kier molecular flexibility index (Phi) is 3.15. The van der Waals surface area contributed by atoms with Gasteiger partial charge in [-0.2, -0.15) is 0 Å². The molecule has 2 aromatic carbocycles. The summed E-state index contributed by atoms with van der Waals surface area (Å²) < 4.78 is 0.959. The van der Waals surface area contributed by atoms with Gasteiger partial charge in [0.1, 0.15) is 6.29 Å². The fourth-order valence-corrected chi connectivity index (χ4v) is 3.31. The van der Waals surface area contributed by atoms with E-state index in [0.29, 0.717) is 11.6 Å². The molecule has 2 nitrogen and oxygen atoms in total. The SMILES string of the molecule is CC1Cc2ccccc2N1c1ccc(C=O)cc1Br. The first-order valence-corrected chi connectivity index (χ1v) is 7.12. The van der Waals surface area contributed by atoms with Gasteiger partial charge in [0.15, 0.2) is 0 Å². The zero-order valence-electron chi connectivity index (χ0n) is 10.6. The first-order valence-electron chi connectivity index (χ1n) is 6.32. The van der Waals surface area contributed by atoms with Gasteiger partial charge in [-0.15, -0.1) is 0 Å². The van der Waals surface area contributed by atoms with E-state index >= 15 is 0 Å². The number of aldehydes is 1. The van der Waals surface area contributed by atoms with E-state index in [1.807, 2.05) is 18.2 Å². The number of benzene rings is 2. The zero-order chi connectivity index (χ0) is 13.4. The van der Waals surface area contributed by atoms with Gasteiger partial charge in [0, 0.05) is 21.8 Å². The van der Waals surface area contributed by atoms with Crippen LogP contribution in [0.2, 0.25) is 0 Å². The maximum absolute atomic E-state index is 10.8. The second-order valence-electron chi connectivity index (χ2n) is 4.88. The largest absolute Gasteiger partial charge is 0.337 e. The molecule has 19 heavy (non-hydrogen) atoms. The van der Waals surface area contributed by atoms with E-state index < -0.39 is 0 Å². The van der Waals surface area contributed by atoms with Crippen molar-refractivity contribution in [2.24, 2.45) is 0 Å². The van der Waals surface area contributed by atoms with Gasteiger partial charge in [0.25, 0.3) is 0 Å². The fourth-order valence-electron chi connectivity index (χ4n) is 2.72. The number of rotatable bonds is 2. The highest BCUT2D eigenvalue weighted by Crippen LogP contribution is 2.41. The molecule has 2 aromatic rings. The molecule has 96 valence electrons. The minimum atomic E-state index is 0.427. The van der Waals surface area contributed by atoms with E-state index in [0.717, 1.165) is 22.9 Å². The Balaban J connectivity index is 2.09. The van der Waals surface area contributed by atoms with E-state index in [2.05, 4.69) is 52.0 Å². The van der Waals surface area contributed by atoms with Gasteiger partial charge in [-0.3, -0.25) is 4.79 Å². The molecular weight excluding hydrogens is 302 g/mol. The second kappa shape index (κ2) is 4.82. The van der Waals surface area contributed by atoms with Gasteiger partial charge >= 0.3 is 0 Å². The Hall–Kier alpha value is -1.61. The lowest BCUT2D eigenvalue weighted by Gasteiger charge is -2.26. The van der Waals surface area contributed by atoms with Crippen molar-refractivity contribution in [3.05, 3.63) is 58.1 Å². The Morgan fingerprint density at radius 2 is 2.00 bits per heavy atom. The van der Waals surface area contributed by atoms with Gasteiger partial charge < -0.3 is 4.90 Å². The predicted molar refractivity (Wildman–Crippen MR) is 81.3 cm³/mol. The highest BCUT2D eigenvalue weighted by Gasteiger charge is 2.27. The van der Waals surface area contributed by atoms with Crippen LogP contribution in [-0.4, -0.2) is 12.3 Å². The van der Waals surface area contributed by atoms with Crippen molar-refractivity contribution in [3.63, 3.8) is 0 Å². The van der Waals surface area contributed by atoms with Crippen LogP contribution in [-0.2, 0) is 6.42 Å². The Labute approximate surface area is 121 Å². The molecule has 0 radical (unpaired) electrons. The number of halogens is 1. The number of anilines is 2. The average molecular weight is 316 g/mol. The smallest absolute Gasteiger partial charge is 0.150 e. The molecule has 0 aliphatic carbocycles. The molecule has 3 heteroatoms. The molecule has 0 saturated carbocycles. The van der Waals surface area contributed by atoms with Crippen LogP contribution in [0, 0.1) is 0 Å². The lowest BCUT2D eigenvalue weighted by Crippen LogP contribution is -2.24. The lowest BCUT2D eigenvalue weighted by atomic mass is 10.1. The van der Waals surface area contributed by atoms with Gasteiger partial charge in [-0.1, -0.05) is 18.2 Å². The summed E-state index contributed by atoms with van der Waals surface area (Å²) in [6.07, 6.45) is 1.92. The van der Waals surface area contributed by atoms with Crippen LogP contribution in [0.1, 0.15) is 22.8 Å². The molecule has 0 amide bonds. The molecule has 1 aliphatic heterocycles. The molecule has 0 bridgehead atoms. The van der Waals surface area contributed by atoms with Gasteiger partial charge in [0.2, 0.25) is 0 Å². The summed E-state index contributed by atoms with van der Waals surface area (Å²) in [5.74, 6) is 0. The van der Waals surface area contributed by atoms with Gasteiger partial charge in [-0.05, 0) is 59.1 Å². The van der Waals surface area contributed by atoms with Crippen LogP contribution in [0.15, 0.2) is 46.9 Å². The summed E-state index contributed by atoms with van der Waals surface area (Å²) >= 11 is 3.58. The molecular formula is C16H14BrNO. The van der Waals surface area contributed by atoms with Crippen molar-refractivity contribution in [2.45, 2.75) is 19.4 Å². The highest BCUT2D eigenvalue weighted by molar-refractivity contribution is 9.10. The van der Waals surface area contributed by atoms with Crippen LogP contribution < -0.4 is 4.90 Å². The maximum atomic E-state index is 10.8. The summed E-state index contributed by atoms with van der Waals surface area (Å²) in [6.45, 7) is 2.22. The van der Waals surface area contributed by atoms with Crippen molar-refractivity contribution in [2.75, 3.05) is 4.90 Å². The summed E-state index contributed by atoms with van der Waals surface area (Å²) in [7, 11) is 0. The summed E-state index contributed by atoms with van der Waals surface area (Å²) in [6, 6.07) is 14.6. The quantitative estimate of drug-likeness (QED) is 0.768. The van der Waals surface area contributed by atoms with Crippen molar-refractivity contribution >= 4 is 33.6 Å². The number of carbonyl (C=O) groups is 1. The Bertz CT molecular complexity index is 638. The summed E-state index contributed by atoms with van der Waals surface area (Å²) in [5, 5.41) is 0. The molecule has 0 saturated heterocycles. The third-order valence-corrected chi connectivity index (χ3v) is 4.21. The maximum Gasteiger partial charge on any atom is 0.150 e. The molecule has 0 N–H and O–H groups in total. The van der Waals surface area contributed by atoms with Crippen molar-refractivity contribution < 1.29 is 4.79 Å². The zero-order valence-corrected chi connectivity index (χ0v) is 12.2. The minimum absolute atomic E-state index is 0.427. The predicted octanol–water partition coefficient (Wildman–Crippen LogP) is 4.34. The van der Waals surface area contributed by atoms with Crippen LogP contribution in [0.4, 0.5) is 11.4 Å². The lowest BCUT2D eigenvalue weighted by molar-refractivity contribution is 0.112. The minimum Gasteiger partial charge on any atom is -0.337 e. The molecule has 0 spiro atoms. The average Bonchev–Trinajstić information content (AvgIpc) is 2.75. The van der Waals surface area contributed by atoms with Gasteiger partial charge in [-0.25, -0.2) is 0 Å². The van der Waals surface area contributed by atoms with E-state index in [1.165, 1.54) is 11.3 Å². The van der Waals surface area contributed by atoms with E-state index in [9.17, 15) is 4.79 Å². The molecule has 1 heterocycles. The molecule has 0 fully saturated rings. The topological polar surface area (TPSA) is 20.3 Å². The highest BCUT2D eigenvalue weighted by atomic mass is 79.9. The van der Waals surface area contributed by atoms with E-state index in [4.69, 9.17) is 0 Å².